The quantitative estimate of drug-likeness (QED) is 0.828. The number of aliphatic carboxylic acids is 1. The predicted molar refractivity (Wildman–Crippen MR) is 57.2 cm³/mol. The van der Waals surface area contributed by atoms with Crippen molar-refractivity contribution < 1.29 is 23.1 Å². The van der Waals surface area contributed by atoms with Gasteiger partial charge in [0.25, 0.3) is 5.56 Å². The summed E-state index contributed by atoms with van der Waals surface area (Å²) in [5.74, 6) is -1.01. The summed E-state index contributed by atoms with van der Waals surface area (Å²) in [6, 6.07) is 2.93. The molecule has 7 heteroatoms. The van der Waals surface area contributed by atoms with E-state index in [0.717, 1.165) is 18.2 Å². The molecule has 0 radical (unpaired) electrons. The van der Waals surface area contributed by atoms with Crippen LogP contribution in [0.3, 0.4) is 0 Å². The molecule has 1 aromatic rings. The van der Waals surface area contributed by atoms with Crippen LogP contribution in [-0.4, -0.2) is 15.6 Å². The molecule has 0 atom stereocenters. The van der Waals surface area contributed by atoms with Crippen LogP contribution < -0.4 is 5.56 Å². The number of pyridine rings is 1. The van der Waals surface area contributed by atoms with E-state index < -0.39 is 23.4 Å². The molecule has 0 saturated carbocycles. The van der Waals surface area contributed by atoms with Gasteiger partial charge < -0.3 is 9.67 Å². The molecule has 0 aliphatic heterocycles. The van der Waals surface area contributed by atoms with Crippen molar-refractivity contribution in [1.82, 2.24) is 4.57 Å². The number of rotatable bonds is 5. The molecule has 0 aliphatic rings. The minimum atomic E-state index is -4.59. The van der Waals surface area contributed by atoms with Crippen molar-refractivity contribution in [3.05, 3.63) is 34.2 Å². The molecular weight excluding hydrogens is 251 g/mol. The summed E-state index contributed by atoms with van der Waals surface area (Å²) in [5.41, 5.74) is -1.74. The number of halogens is 3. The SMILES string of the molecule is O=C(O)CCCCn1c(C(F)(F)F)cccc1=O. The maximum absolute atomic E-state index is 12.6. The highest BCUT2D eigenvalue weighted by molar-refractivity contribution is 5.66. The molecule has 1 rings (SSSR count). The van der Waals surface area contributed by atoms with E-state index in [-0.39, 0.29) is 25.8 Å². The minimum absolute atomic E-state index is 0.122. The van der Waals surface area contributed by atoms with Crippen LogP contribution in [-0.2, 0) is 17.5 Å². The third-order valence-corrected chi connectivity index (χ3v) is 2.36. The molecule has 0 aliphatic carbocycles. The molecule has 0 saturated heterocycles. The smallest absolute Gasteiger partial charge is 0.431 e. The zero-order valence-electron chi connectivity index (χ0n) is 9.41. The van der Waals surface area contributed by atoms with Gasteiger partial charge in [-0.05, 0) is 18.9 Å². The van der Waals surface area contributed by atoms with Crippen molar-refractivity contribution in [2.45, 2.75) is 32.0 Å². The van der Waals surface area contributed by atoms with Gasteiger partial charge in [-0.25, -0.2) is 0 Å². The predicted octanol–water partition coefficient (Wildman–Crippen LogP) is 2.12. The van der Waals surface area contributed by atoms with Gasteiger partial charge in [0, 0.05) is 19.0 Å². The molecule has 4 nitrogen and oxygen atoms in total. The van der Waals surface area contributed by atoms with Gasteiger partial charge in [0.1, 0.15) is 5.69 Å². The third kappa shape index (κ3) is 3.90. The van der Waals surface area contributed by atoms with Gasteiger partial charge in [-0.15, -0.1) is 0 Å². The highest BCUT2D eigenvalue weighted by atomic mass is 19.4. The van der Waals surface area contributed by atoms with E-state index in [4.69, 9.17) is 5.11 Å². The number of unbranched alkanes of at least 4 members (excludes halogenated alkanes) is 1. The van der Waals surface area contributed by atoms with E-state index in [2.05, 4.69) is 0 Å². The van der Waals surface area contributed by atoms with Gasteiger partial charge in [0.2, 0.25) is 0 Å². The van der Waals surface area contributed by atoms with E-state index >= 15 is 0 Å². The first kappa shape index (κ1) is 14.3. The Kier molecular flexibility index (Phi) is 4.52. The lowest BCUT2D eigenvalue weighted by Crippen LogP contribution is -2.27. The molecular formula is C11H12F3NO3. The van der Waals surface area contributed by atoms with E-state index in [0.29, 0.717) is 4.57 Å². The number of carboxylic acids is 1. The van der Waals surface area contributed by atoms with E-state index in [1.165, 1.54) is 0 Å². The fraction of sp³-hybridized carbons (Fsp3) is 0.455. The largest absolute Gasteiger partial charge is 0.481 e. The monoisotopic (exact) mass is 263 g/mol. The van der Waals surface area contributed by atoms with Crippen LogP contribution in [0.1, 0.15) is 25.0 Å². The number of hydrogen-bond donors (Lipinski definition) is 1. The minimum Gasteiger partial charge on any atom is -0.481 e. The molecule has 0 aromatic carbocycles. The van der Waals surface area contributed by atoms with Gasteiger partial charge in [-0.3, -0.25) is 9.59 Å². The van der Waals surface area contributed by atoms with Crippen molar-refractivity contribution in [1.29, 1.82) is 0 Å². The highest BCUT2D eigenvalue weighted by Gasteiger charge is 2.33. The number of hydrogen-bond acceptors (Lipinski definition) is 2. The number of carbonyl (C=O) groups is 1. The molecule has 1 heterocycles. The zero-order valence-corrected chi connectivity index (χ0v) is 9.41. The molecule has 0 bridgehead atoms. The summed E-state index contributed by atoms with van der Waals surface area (Å²) in [6.45, 7) is -0.137. The van der Waals surface area contributed by atoms with Gasteiger partial charge >= 0.3 is 12.1 Å². The van der Waals surface area contributed by atoms with Crippen LogP contribution in [0, 0.1) is 0 Å². The van der Waals surface area contributed by atoms with E-state index in [1.54, 1.807) is 0 Å². The van der Waals surface area contributed by atoms with Crippen molar-refractivity contribution in [3.8, 4) is 0 Å². The second kappa shape index (κ2) is 5.70. The maximum Gasteiger partial charge on any atom is 0.431 e. The zero-order chi connectivity index (χ0) is 13.8. The Labute approximate surface area is 101 Å². The maximum atomic E-state index is 12.6. The van der Waals surface area contributed by atoms with E-state index in [9.17, 15) is 22.8 Å². The lowest BCUT2D eigenvalue weighted by atomic mass is 10.2. The van der Waals surface area contributed by atoms with Crippen LogP contribution >= 0.6 is 0 Å². The number of nitrogens with zero attached hydrogens (tertiary/aromatic N) is 1. The molecule has 0 fully saturated rings. The average molecular weight is 263 g/mol. The second-order valence-corrected chi connectivity index (χ2v) is 3.75. The first-order chi connectivity index (χ1) is 8.32. The fourth-order valence-electron chi connectivity index (χ4n) is 1.54. The van der Waals surface area contributed by atoms with Crippen molar-refractivity contribution >= 4 is 5.97 Å². The molecule has 0 unspecified atom stereocenters. The lowest BCUT2D eigenvalue weighted by Gasteiger charge is -2.14. The van der Waals surface area contributed by atoms with Crippen LogP contribution in [0.4, 0.5) is 13.2 Å². The van der Waals surface area contributed by atoms with Gasteiger partial charge in [0.15, 0.2) is 0 Å². The van der Waals surface area contributed by atoms with Crippen LogP contribution in [0.5, 0.6) is 0 Å². The molecule has 1 aromatic heterocycles. The highest BCUT2D eigenvalue weighted by Crippen LogP contribution is 2.28. The summed E-state index contributed by atoms with van der Waals surface area (Å²) in [7, 11) is 0. The van der Waals surface area contributed by atoms with Gasteiger partial charge in [0.05, 0.1) is 0 Å². The fourth-order valence-corrected chi connectivity index (χ4v) is 1.54. The summed E-state index contributed by atoms with van der Waals surface area (Å²) in [6.07, 6.45) is -4.27. The number of carboxylic acid groups (broad SMARTS) is 1. The molecule has 100 valence electrons. The Morgan fingerprint density at radius 1 is 1.28 bits per heavy atom. The standard InChI is InChI=1S/C11H12F3NO3/c12-11(13,14)8-4-3-5-9(16)15(8)7-2-1-6-10(17)18/h3-5H,1-2,6-7H2,(H,17,18). The number of aromatic nitrogens is 1. The first-order valence-electron chi connectivity index (χ1n) is 5.31. The Hall–Kier alpha value is -1.79. The third-order valence-electron chi connectivity index (χ3n) is 2.36. The van der Waals surface area contributed by atoms with Crippen molar-refractivity contribution in [2.75, 3.05) is 0 Å². The molecule has 0 amide bonds. The molecule has 0 spiro atoms. The van der Waals surface area contributed by atoms with E-state index in [1.807, 2.05) is 0 Å². The topological polar surface area (TPSA) is 59.3 Å². The summed E-state index contributed by atoms with van der Waals surface area (Å²) >= 11 is 0. The van der Waals surface area contributed by atoms with Crippen molar-refractivity contribution in [3.63, 3.8) is 0 Å². The van der Waals surface area contributed by atoms with Crippen LogP contribution in [0.15, 0.2) is 23.0 Å². The van der Waals surface area contributed by atoms with Gasteiger partial charge in [-0.2, -0.15) is 13.2 Å². The number of alkyl halides is 3. The van der Waals surface area contributed by atoms with Crippen LogP contribution in [0.2, 0.25) is 0 Å². The first-order valence-corrected chi connectivity index (χ1v) is 5.31. The van der Waals surface area contributed by atoms with Crippen LogP contribution in [0.25, 0.3) is 0 Å². The van der Waals surface area contributed by atoms with Crippen molar-refractivity contribution in [2.24, 2.45) is 0 Å². The Morgan fingerprint density at radius 3 is 2.50 bits per heavy atom. The Balaban J connectivity index is 2.81. The summed E-state index contributed by atoms with van der Waals surface area (Å²) < 4.78 is 38.5. The average Bonchev–Trinajstić information content (AvgIpc) is 2.24. The van der Waals surface area contributed by atoms with Gasteiger partial charge in [-0.1, -0.05) is 6.07 Å². The Morgan fingerprint density at radius 2 is 1.94 bits per heavy atom. The summed E-state index contributed by atoms with van der Waals surface area (Å²) in [5, 5.41) is 8.40. The normalized spacial score (nSPS) is 11.5. The molecule has 1 N–H and O–H groups in total. The molecule has 18 heavy (non-hydrogen) atoms. The second-order valence-electron chi connectivity index (χ2n) is 3.75. The summed E-state index contributed by atoms with van der Waals surface area (Å²) in [4.78, 5) is 21.6. The Bertz CT molecular complexity index is 479. The lowest BCUT2D eigenvalue weighted by molar-refractivity contribution is -0.144.